The van der Waals surface area contributed by atoms with E-state index in [9.17, 15) is 4.79 Å². The van der Waals surface area contributed by atoms with Crippen molar-refractivity contribution in [3.05, 3.63) is 28.8 Å². The van der Waals surface area contributed by atoms with Crippen LogP contribution in [0, 0.1) is 0 Å². The van der Waals surface area contributed by atoms with Crippen LogP contribution >= 0.6 is 11.6 Å². The van der Waals surface area contributed by atoms with Crippen molar-refractivity contribution in [3.63, 3.8) is 0 Å². The van der Waals surface area contributed by atoms with Gasteiger partial charge in [0.1, 0.15) is 11.3 Å². The molecule has 0 radical (unpaired) electrons. The van der Waals surface area contributed by atoms with Crippen molar-refractivity contribution in [2.24, 2.45) is 0 Å². The molecule has 1 rings (SSSR count). The van der Waals surface area contributed by atoms with Crippen LogP contribution in [-0.2, 0) is 0 Å². The van der Waals surface area contributed by atoms with Crippen molar-refractivity contribution >= 4 is 17.6 Å². The molecule has 0 aliphatic carbocycles. The molecule has 0 saturated carbocycles. The van der Waals surface area contributed by atoms with E-state index < -0.39 is 5.97 Å². The standard InChI is InChI=1S/C15H21ClO3/c1-3-4-5-6-8-11(2)19-13-10-7-9-12(16)14(13)15(17)18/h7,9-11H,3-6,8H2,1-2H3,(H,17,18). The monoisotopic (exact) mass is 284 g/mol. The summed E-state index contributed by atoms with van der Waals surface area (Å²) in [5, 5.41) is 9.35. The number of carboxylic acids is 1. The van der Waals surface area contributed by atoms with Crippen LogP contribution in [0.4, 0.5) is 0 Å². The van der Waals surface area contributed by atoms with Gasteiger partial charge in [0.2, 0.25) is 0 Å². The highest BCUT2D eigenvalue weighted by molar-refractivity contribution is 6.33. The zero-order valence-electron chi connectivity index (χ0n) is 11.5. The fraction of sp³-hybridized carbons (Fsp3) is 0.533. The van der Waals surface area contributed by atoms with E-state index >= 15 is 0 Å². The van der Waals surface area contributed by atoms with Crippen molar-refractivity contribution in [2.45, 2.75) is 52.1 Å². The normalized spacial score (nSPS) is 12.2. The molecule has 0 fully saturated rings. The molecule has 1 atom stereocenters. The Bertz CT molecular complexity index is 418. The van der Waals surface area contributed by atoms with Gasteiger partial charge in [-0.3, -0.25) is 0 Å². The highest BCUT2D eigenvalue weighted by Gasteiger charge is 2.17. The molecule has 0 aliphatic heterocycles. The molecule has 1 aromatic rings. The molecule has 106 valence electrons. The van der Waals surface area contributed by atoms with Gasteiger partial charge in [0, 0.05) is 0 Å². The summed E-state index contributed by atoms with van der Waals surface area (Å²) in [7, 11) is 0. The van der Waals surface area contributed by atoms with Crippen molar-refractivity contribution in [1.82, 2.24) is 0 Å². The molecule has 4 heteroatoms. The number of unbranched alkanes of at least 4 members (excludes halogenated alkanes) is 3. The van der Waals surface area contributed by atoms with Crippen molar-refractivity contribution in [1.29, 1.82) is 0 Å². The minimum atomic E-state index is -1.06. The first-order chi connectivity index (χ1) is 9.06. The van der Waals surface area contributed by atoms with E-state index in [0.717, 1.165) is 12.8 Å². The van der Waals surface area contributed by atoms with Gasteiger partial charge in [-0.2, -0.15) is 0 Å². The third-order valence-corrected chi connectivity index (χ3v) is 3.30. The Morgan fingerprint density at radius 1 is 1.37 bits per heavy atom. The molecule has 0 saturated heterocycles. The van der Waals surface area contributed by atoms with Crippen LogP contribution in [0.15, 0.2) is 18.2 Å². The number of carbonyl (C=O) groups is 1. The maximum absolute atomic E-state index is 11.2. The molecule has 1 aromatic carbocycles. The SMILES string of the molecule is CCCCCCC(C)Oc1cccc(Cl)c1C(=O)O. The summed E-state index contributed by atoms with van der Waals surface area (Å²) in [6, 6.07) is 4.91. The van der Waals surface area contributed by atoms with Gasteiger partial charge in [-0.1, -0.05) is 43.9 Å². The highest BCUT2D eigenvalue weighted by Crippen LogP contribution is 2.27. The van der Waals surface area contributed by atoms with E-state index in [0.29, 0.717) is 5.75 Å². The van der Waals surface area contributed by atoms with Crippen LogP contribution in [0.1, 0.15) is 56.3 Å². The molecule has 0 amide bonds. The third kappa shape index (κ3) is 5.11. The topological polar surface area (TPSA) is 46.5 Å². The van der Waals surface area contributed by atoms with Gasteiger partial charge in [-0.25, -0.2) is 4.79 Å². The number of rotatable bonds is 8. The Balaban J connectivity index is 2.61. The minimum Gasteiger partial charge on any atom is -0.490 e. The first-order valence-corrected chi connectivity index (χ1v) is 7.12. The van der Waals surface area contributed by atoms with E-state index in [1.807, 2.05) is 6.92 Å². The zero-order chi connectivity index (χ0) is 14.3. The van der Waals surface area contributed by atoms with E-state index in [-0.39, 0.29) is 16.7 Å². The first-order valence-electron chi connectivity index (χ1n) is 6.74. The molecule has 1 unspecified atom stereocenters. The van der Waals surface area contributed by atoms with Gasteiger partial charge in [0.05, 0.1) is 11.1 Å². The minimum absolute atomic E-state index is 0.00609. The number of aromatic carboxylic acids is 1. The first kappa shape index (κ1) is 15.8. The maximum atomic E-state index is 11.2. The Hall–Kier alpha value is -1.22. The van der Waals surface area contributed by atoms with Crippen LogP contribution in [0.25, 0.3) is 0 Å². The van der Waals surface area contributed by atoms with Gasteiger partial charge in [-0.15, -0.1) is 0 Å². The largest absolute Gasteiger partial charge is 0.490 e. The van der Waals surface area contributed by atoms with Crippen molar-refractivity contribution in [3.8, 4) is 5.75 Å². The van der Waals surface area contributed by atoms with Crippen LogP contribution in [0.2, 0.25) is 5.02 Å². The number of hydrogen-bond donors (Lipinski definition) is 1. The molecule has 0 spiro atoms. The van der Waals surface area contributed by atoms with Crippen molar-refractivity contribution < 1.29 is 14.6 Å². The summed E-state index contributed by atoms with van der Waals surface area (Å²) in [4.78, 5) is 11.2. The lowest BCUT2D eigenvalue weighted by molar-refractivity contribution is 0.0689. The number of halogens is 1. The average molecular weight is 285 g/mol. The van der Waals surface area contributed by atoms with Gasteiger partial charge >= 0.3 is 5.97 Å². The van der Waals surface area contributed by atoms with Crippen molar-refractivity contribution in [2.75, 3.05) is 0 Å². The summed E-state index contributed by atoms with van der Waals surface area (Å²) in [5.74, 6) is -0.707. The van der Waals surface area contributed by atoms with E-state index in [4.69, 9.17) is 21.4 Å². The molecule has 0 heterocycles. The van der Waals surface area contributed by atoms with Crippen LogP contribution < -0.4 is 4.74 Å². The van der Waals surface area contributed by atoms with Crippen LogP contribution in [0.5, 0.6) is 5.75 Å². The molecule has 0 aliphatic rings. The fourth-order valence-corrected chi connectivity index (χ4v) is 2.19. The van der Waals surface area contributed by atoms with E-state index in [1.165, 1.54) is 19.3 Å². The lowest BCUT2D eigenvalue weighted by Crippen LogP contribution is -2.14. The maximum Gasteiger partial charge on any atom is 0.341 e. The molecule has 0 aromatic heterocycles. The number of hydrogen-bond acceptors (Lipinski definition) is 2. The molecule has 1 N–H and O–H groups in total. The zero-order valence-corrected chi connectivity index (χ0v) is 12.2. The smallest absolute Gasteiger partial charge is 0.341 e. The van der Waals surface area contributed by atoms with Gasteiger partial charge < -0.3 is 9.84 Å². The Morgan fingerprint density at radius 2 is 2.11 bits per heavy atom. The number of carboxylic acid groups (broad SMARTS) is 1. The fourth-order valence-electron chi connectivity index (χ4n) is 1.94. The summed E-state index contributed by atoms with van der Waals surface area (Å²) in [5.41, 5.74) is 0.0459. The van der Waals surface area contributed by atoms with Gasteiger partial charge in [0.15, 0.2) is 0 Å². The molecule has 3 nitrogen and oxygen atoms in total. The van der Waals surface area contributed by atoms with Gasteiger partial charge in [0.25, 0.3) is 0 Å². The summed E-state index contributed by atoms with van der Waals surface area (Å²) >= 11 is 5.89. The number of ether oxygens (including phenoxy) is 1. The van der Waals surface area contributed by atoms with Crippen LogP contribution in [-0.4, -0.2) is 17.2 Å². The second-order valence-electron chi connectivity index (χ2n) is 4.70. The Labute approximate surface area is 119 Å². The predicted octanol–water partition coefficient (Wildman–Crippen LogP) is 4.78. The second-order valence-corrected chi connectivity index (χ2v) is 5.10. The summed E-state index contributed by atoms with van der Waals surface area (Å²) in [6.45, 7) is 4.13. The molecule has 19 heavy (non-hydrogen) atoms. The van der Waals surface area contributed by atoms with Gasteiger partial charge in [-0.05, 0) is 31.9 Å². The summed E-state index contributed by atoms with van der Waals surface area (Å²) in [6.07, 6.45) is 5.62. The van der Waals surface area contributed by atoms with E-state index in [2.05, 4.69) is 6.92 Å². The highest BCUT2D eigenvalue weighted by atomic mass is 35.5. The Morgan fingerprint density at radius 3 is 2.74 bits per heavy atom. The summed E-state index contributed by atoms with van der Waals surface area (Å²) < 4.78 is 5.70. The van der Waals surface area contributed by atoms with Crippen LogP contribution in [0.3, 0.4) is 0 Å². The predicted molar refractivity (Wildman–Crippen MR) is 77.3 cm³/mol. The lowest BCUT2D eigenvalue weighted by Gasteiger charge is -2.16. The molecular formula is C15H21ClO3. The average Bonchev–Trinajstić information content (AvgIpc) is 2.34. The Kier molecular flexibility index (Phi) is 6.71. The molecule has 0 bridgehead atoms. The lowest BCUT2D eigenvalue weighted by atomic mass is 10.1. The molecular weight excluding hydrogens is 264 g/mol. The number of benzene rings is 1. The quantitative estimate of drug-likeness (QED) is 0.699. The third-order valence-electron chi connectivity index (χ3n) is 2.98. The second kappa shape index (κ2) is 8.05. The van der Waals surface area contributed by atoms with E-state index in [1.54, 1.807) is 18.2 Å².